The molecule has 9 heteroatoms. The molecule has 0 saturated carbocycles. The Morgan fingerprint density at radius 3 is 2.48 bits per heavy atom. The summed E-state index contributed by atoms with van der Waals surface area (Å²) in [6, 6.07) is 21.0. The summed E-state index contributed by atoms with van der Waals surface area (Å²) in [5.41, 5.74) is 4.57. The number of piperidine rings is 2. The molecule has 7 rings (SSSR count). The van der Waals surface area contributed by atoms with Crippen molar-refractivity contribution in [1.82, 2.24) is 24.9 Å². The average Bonchev–Trinajstić information content (AvgIpc) is 3.33. The van der Waals surface area contributed by atoms with Crippen molar-refractivity contribution >= 4 is 28.5 Å². The molecule has 0 aliphatic carbocycles. The van der Waals surface area contributed by atoms with E-state index < -0.39 is 6.04 Å². The number of likely N-dealkylation sites (tertiary alicyclic amines) is 1. The molecule has 0 radical (unpaired) electrons. The van der Waals surface area contributed by atoms with Crippen LogP contribution < -0.4 is 10.9 Å². The van der Waals surface area contributed by atoms with Crippen molar-refractivity contribution in [3.05, 3.63) is 106 Å². The van der Waals surface area contributed by atoms with Gasteiger partial charge in [0.25, 0.3) is 11.5 Å². The number of imide groups is 1. The third-order valence-corrected chi connectivity index (χ3v) is 8.87. The van der Waals surface area contributed by atoms with E-state index in [1.54, 1.807) is 11.1 Å². The molecule has 1 atom stereocenters. The van der Waals surface area contributed by atoms with Gasteiger partial charge in [-0.1, -0.05) is 42.5 Å². The predicted molar refractivity (Wildman–Crippen MR) is 157 cm³/mol. The fraction of sp³-hybridized carbons (Fsp3) is 0.303. The first-order valence-corrected chi connectivity index (χ1v) is 14.5. The van der Waals surface area contributed by atoms with E-state index >= 15 is 0 Å². The molecule has 1 aromatic heterocycles. The molecule has 3 aliphatic heterocycles. The minimum atomic E-state index is -0.595. The molecule has 1 unspecified atom stereocenters. The van der Waals surface area contributed by atoms with Crippen LogP contribution in [0.2, 0.25) is 0 Å². The molecule has 0 bridgehead atoms. The fourth-order valence-electron chi connectivity index (χ4n) is 6.57. The lowest BCUT2D eigenvalue weighted by Gasteiger charge is -2.32. The second-order valence-corrected chi connectivity index (χ2v) is 11.5. The number of nitrogens with zero attached hydrogens (tertiary/aromatic N) is 4. The van der Waals surface area contributed by atoms with Crippen LogP contribution in [0.25, 0.3) is 16.5 Å². The van der Waals surface area contributed by atoms with Crippen LogP contribution in [0.3, 0.4) is 0 Å². The average molecular weight is 562 g/mol. The third kappa shape index (κ3) is 4.79. The summed E-state index contributed by atoms with van der Waals surface area (Å²) in [7, 11) is 0. The number of hydrogen-bond acceptors (Lipinski definition) is 6. The van der Waals surface area contributed by atoms with Crippen molar-refractivity contribution in [1.29, 1.82) is 0 Å². The summed E-state index contributed by atoms with van der Waals surface area (Å²) < 4.78 is 1.45. The maximum absolute atomic E-state index is 13.2. The highest BCUT2D eigenvalue weighted by Gasteiger charge is 2.39. The number of hydrogen-bond donors (Lipinski definition) is 1. The number of carbonyl (C=O) groups excluding carboxylic acids is 3. The number of amides is 3. The normalized spacial score (nSPS) is 19.8. The molecule has 2 saturated heterocycles. The predicted octanol–water partition coefficient (Wildman–Crippen LogP) is 3.53. The van der Waals surface area contributed by atoms with Crippen LogP contribution in [0.5, 0.6) is 0 Å². The Kier molecular flexibility index (Phi) is 6.66. The van der Waals surface area contributed by atoms with Gasteiger partial charge in [-0.3, -0.25) is 29.4 Å². The first kappa shape index (κ1) is 26.3. The Bertz CT molecular complexity index is 1770. The van der Waals surface area contributed by atoms with Crippen LogP contribution in [-0.4, -0.2) is 56.4 Å². The van der Waals surface area contributed by atoms with Crippen molar-refractivity contribution in [2.75, 3.05) is 13.1 Å². The number of aromatic nitrogens is 2. The Labute approximate surface area is 242 Å². The van der Waals surface area contributed by atoms with Gasteiger partial charge in [0, 0.05) is 30.5 Å². The maximum Gasteiger partial charge on any atom is 0.279 e. The van der Waals surface area contributed by atoms with Crippen molar-refractivity contribution in [3.8, 4) is 5.69 Å². The van der Waals surface area contributed by atoms with E-state index in [2.05, 4.69) is 33.5 Å². The van der Waals surface area contributed by atoms with Gasteiger partial charge in [0.15, 0.2) is 0 Å². The number of rotatable bonds is 5. The van der Waals surface area contributed by atoms with Gasteiger partial charge >= 0.3 is 0 Å². The van der Waals surface area contributed by atoms with Gasteiger partial charge in [0.05, 0.1) is 17.3 Å². The standard InChI is InChI=1S/C33H31N5O4/c39-30-11-10-29(31(40)35-30)37-20-25-17-23(8-9-27(25)32(37)41)22-12-14-36(15-13-22)19-21-6-7-24-18-34-38(33(42)28(24)16-21)26-4-2-1-3-5-26/h1-9,16-18,22,29H,10-15,19-20H2,(H,35,39,40). The minimum Gasteiger partial charge on any atom is -0.322 e. The van der Waals surface area contributed by atoms with Gasteiger partial charge in [-0.15, -0.1) is 0 Å². The lowest BCUT2D eigenvalue weighted by atomic mass is 9.87. The van der Waals surface area contributed by atoms with E-state index in [0.29, 0.717) is 29.8 Å². The van der Waals surface area contributed by atoms with Crippen molar-refractivity contribution < 1.29 is 14.4 Å². The third-order valence-electron chi connectivity index (χ3n) is 8.87. The lowest BCUT2D eigenvalue weighted by molar-refractivity contribution is -0.136. The fourth-order valence-corrected chi connectivity index (χ4v) is 6.57. The molecule has 212 valence electrons. The molecule has 9 nitrogen and oxygen atoms in total. The van der Waals surface area contributed by atoms with E-state index in [1.165, 1.54) is 10.2 Å². The molecule has 3 amide bonds. The van der Waals surface area contributed by atoms with Crippen molar-refractivity contribution in [2.45, 2.75) is 50.7 Å². The highest BCUT2D eigenvalue weighted by molar-refractivity contribution is 6.05. The summed E-state index contributed by atoms with van der Waals surface area (Å²) in [5, 5.41) is 8.23. The molecule has 3 aliphatic rings. The lowest BCUT2D eigenvalue weighted by Crippen LogP contribution is -2.52. The van der Waals surface area contributed by atoms with Crippen LogP contribution >= 0.6 is 0 Å². The van der Waals surface area contributed by atoms with Crippen LogP contribution in [0.15, 0.2) is 77.7 Å². The highest BCUT2D eigenvalue weighted by atomic mass is 16.2. The van der Waals surface area contributed by atoms with Crippen molar-refractivity contribution in [3.63, 3.8) is 0 Å². The zero-order valence-corrected chi connectivity index (χ0v) is 23.2. The second kappa shape index (κ2) is 10.6. The maximum atomic E-state index is 13.2. The number of fused-ring (bicyclic) bond motifs is 2. The Balaban J connectivity index is 1.01. The van der Waals surface area contributed by atoms with E-state index in [1.807, 2.05) is 48.5 Å². The van der Waals surface area contributed by atoms with Crippen molar-refractivity contribution in [2.24, 2.45) is 0 Å². The van der Waals surface area contributed by atoms with Gasteiger partial charge in [0.2, 0.25) is 11.8 Å². The largest absolute Gasteiger partial charge is 0.322 e. The second-order valence-electron chi connectivity index (χ2n) is 11.5. The van der Waals surface area contributed by atoms with Gasteiger partial charge in [0.1, 0.15) is 6.04 Å². The van der Waals surface area contributed by atoms with Crippen LogP contribution in [-0.2, 0) is 22.7 Å². The molecular formula is C33H31N5O4. The van der Waals surface area contributed by atoms with Crippen LogP contribution in [0, 0.1) is 0 Å². The number of benzene rings is 3. The quantitative estimate of drug-likeness (QED) is 0.374. The number of nitrogens with one attached hydrogen (secondary N) is 1. The summed E-state index contributed by atoms with van der Waals surface area (Å²) in [6.07, 6.45) is 4.37. The molecule has 2 fully saturated rings. The molecule has 4 aromatic rings. The monoisotopic (exact) mass is 561 g/mol. The van der Waals surface area contributed by atoms with E-state index in [-0.39, 0.29) is 29.7 Å². The summed E-state index contributed by atoms with van der Waals surface area (Å²) in [5.74, 6) is -0.405. The first-order chi connectivity index (χ1) is 20.4. The molecule has 42 heavy (non-hydrogen) atoms. The first-order valence-electron chi connectivity index (χ1n) is 14.5. The molecule has 4 heterocycles. The van der Waals surface area contributed by atoms with Gasteiger partial charge in [-0.25, -0.2) is 0 Å². The van der Waals surface area contributed by atoms with E-state index in [9.17, 15) is 19.2 Å². The number of para-hydroxylation sites is 1. The Morgan fingerprint density at radius 2 is 1.69 bits per heavy atom. The van der Waals surface area contributed by atoms with E-state index in [4.69, 9.17) is 0 Å². The zero-order chi connectivity index (χ0) is 28.8. The van der Waals surface area contributed by atoms with Gasteiger partial charge in [-0.2, -0.15) is 9.78 Å². The minimum absolute atomic E-state index is 0.120. The number of carbonyl (C=O) groups is 3. The van der Waals surface area contributed by atoms with Crippen LogP contribution in [0.1, 0.15) is 58.6 Å². The molecular weight excluding hydrogens is 530 g/mol. The molecule has 0 spiro atoms. The topological polar surface area (TPSA) is 105 Å². The highest BCUT2D eigenvalue weighted by Crippen LogP contribution is 2.34. The molecule has 3 aromatic carbocycles. The van der Waals surface area contributed by atoms with Gasteiger partial charge < -0.3 is 4.90 Å². The zero-order valence-electron chi connectivity index (χ0n) is 23.2. The van der Waals surface area contributed by atoms with Gasteiger partial charge in [-0.05, 0) is 79.2 Å². The summed E-state index contributed by atoms with van der Waals surface area (Å²) in [6.45, 7) is 3.05. The molecule has 1 N–H and O–H groups in total. The Morgan fingerprint density at radius 1 is 0.881 bits per heavy atom. The Hall–Kier alpha value is -4.63. The SMILES string of the molecule is O=C1CCC(N2Cc3cc(C4CCN(Cc5ccc6cnn(-c7ccccc7)c(=O)c6c5)CC4)ccc3C2=O)C(=O)N1. The van der Waals surface area contributed by atoms with E-state index in [0.717, 1.165) is 54.7 Å². The summed E-state index contributed by atoms with van der Waals surface area (Å²) in [4.78, 5) is 54.2. The smallest absolute Gasteiger partial charge is 0.279 e. The van der Waals surface area contributed by atoms with Crippen LogP contribution in [0.4, 0.5) is 0 Å². The summed E-state index contributed by atoms with van der Waals surface area (Å²) >= 11 is 0.